The largest absolute Gasteiger partial charge is 0.326 e. The molecule has 0 aliphatic heterocycles. The minimum Gasteiger partial charge on any atom is -0.326 e. The van der Waals surface area contributed by atoms with Gasteiger partial charge in [0.05, 0.1) is 0 Å². The summed E-state index contributed by atoms with van der Waals surface area (Å²) >= 11 is 2.12. The van der Waals surface area contributed by atoms with Crippen molar-refractivity contribution in [1.29, 1.82) is 0 Å². The lowest BCUT2D eigenvalue weighted by molar-refractivity contribution is -0.116. The Morgan fingerprint density at radius 2 is 1.42 bits per heavy atom. The van der Waals surface area contributed by atoms with Gasteiger partial charge in [-0.3, -0.25) is 4.79 Å². The molecule has 0 saturated carbocycles. The maximum Gasteiger partial charge on any atom is 0.224 e. The van der Waals surface area contributed by atoms with Gasteiger partial charge in [-0.1, -0.05) is 70.1 Å². The Morgan fingerprint density at radius 3 is 2.08 bits per heavy atom. The van der Waals surface area contributed by atoms with Crippen LogP contribution in [0.5, 0.6) is 0 Å². The van der Waals surface area contributed by atoms with Crippen LogP contribution in [0.4, 0.5) is 5.69 Å². The smallest absolute Gasteiger partial charge is 0.224 e. The summed E-state index contributed by atoms with van der Waals surface area (Å²) in [5.41, 5.74) is 0.898. The van der Waals surface area contributed by atoms with Crippen molar-refractivity contribution >= 4 is 23.4 Å². The molecule has 0 radical (unpaired) electrons. The van der Waals surface area contributed by atoms with Gasteiger partial charge < -0.3 is 5.32 Å². The molecule has 1 N–H and O–H groups in total. The highest BCUT2D eigenvalue weighted by molar-refractivity contribution is 7.99. The normalized spacial score (nSPS) is 10.7. The first-order chi connectivity index (χ1) is 11.8. The third-order valence-corrected chi connectivity index (χ3v) is 5.30. The molecule has 0 spiro atoms. The number of rotatable bonds is 15. The molecule has 0 heterocycles. The summed E-state index contributed by atoms with van der Waals surface area (Å²) < 4.78 is 0. The zero-order valence-electron chi connectivity index (χ0n) is 15.4. The Morgan fingerprint density at radius 1 is 0.833 bits per heavy atom. The number of para-hydroxylation sites is 1. The Kier molecular flexibility index (Phi) is 13.7. The Labute approximate surface area is 153 Å². The molecule has 0 atom stereocenters. The molecule has 1 aromatic carbocycles. The monoisotopic (exact) mass is 349 g/mol. The van der Waals surface area contributed by atoms with Gasteiger partial charge in [-0.2, -0.15) is 11.8 Å². The van der Waals surface area contributed by atoms with Crippen molar-refractivity contribution in [3.05, 3.63) is 30.3 Å². The molecule has 0 saturated heterocycles. The Hall–Kier alpha value is -0.960. The second-order valence-corrected chi connectivity index (χ2v) is 7.68. The quantitative estimate of drug-likeness (QED) is 0.358. The molecule has 136 valence electrons. The van der Waals surface area contributed by atoms with Gasteiger partial charge in [0.1, 0.15) is 0 Å². The molecular formula is C21H35NOS. The van der Waals surface area contributed by atoms with Gasteiger partial charge >= 0.3 is 0 Å². The third-order valence-electron chi connectivity index (χ3n) is 4.14. The van der Waals surface area contributed by atoms with Gasteiger partial charge in [0, 0.05) is 12.1 Å². The van der Waals surface area contributed by atoms with Crippen molar-refractivity contribution in [1.82, 2.24) is 0 Å². The highest BCUT2D eigenvalue weighted by Gasteiger charge is 2.01. The fourth-order valence-electron chi connectivity index (χ4n) is 2.64. The van der Waals surface area contributed by atoms with E-state index in [4.69, 9.17) is 0 Å². The predicted molar refractivity (Wildman–Crippen MR) is 109 cm³/mol. The first kappa shape index (κ1) is 21.1. The van der Waals surface area contributed by atoms with Crippen LogP contribution in [-0.4, -0.2) is 17.4 Å². The SMILES string of the molecule is CCCCSCCCCCCCCCCC(=O)Nc1ccccc1. The topological polar surface area (TPSA) is 29.1 Å². The second kappa shape index (κ2) is 15.6. The standard InChI is InChI=1S/C21H35NOS/c1-2-3-18-24-19-14-9-7-5-4-6-8-13-17-21(23)22-20-15-11-10-12-16-20/h10-12,15-16H,2-9,13-14,17-19H2,1H3,(H,22,23). The van der Waals surface area contributed by atoms with Crippen LogP contribution in [0.2, 0.25) is 0 Å². The van der Waals surface area contributed by atoms with Crippen LogP contribution < -0.4 is 5.32 Å². The van der Waals surface area contributed by atoms with E-state index in [0.29, 0.717) is 6.42 Å². The van der Waals surface area contributed by atoms with Crippen LogP contribution in [0.15, 0.2) is 30.3 Å². The molecule has 0 unspecified atom stereocenters. The number of anilines is 1. The van der Waals surface area contributed by atoms with E-state index < -0.39 is 0 Å². The lowest BCUT2D eigenvalue weighted by Gasteiger charge is -2.05. The summed E-state index contributed by atoms with van der Waals surface area (Å²) in [7, 11) is 0. The Balaban J connectivity index is 1.81. The number of unbranched alkanes of at least 4 members (excludes halogenated alkanes) is 8. The van der Waals surface area contributed by atoms with Crippen molar-refractivity contribution < 1.29 is 4.79 Å². The van der Waals surface area contributed by atoms with Crippen molar-refractivity contribution in [2.24, 2.45) is 0 Å². The predicted octanol–water partition coefficient (Wildman–Crippen LogP) is 6.67. The van der Waals surface area contributed by atoms with Crippen LogP contribution in [0.1, 0.15) is 77.6 Å². The summed E-state index contributed by atoms with van der Waals surface area (Å²) in [6.45, 7) is 2.26. The van der Waals surface area contributed by atoms with Gasteiger partial charge in [-0.25, -0.2) is 0 Å². The molecule has 1 amide bonds. The van der Waals surface area contributed by atoms with Gasteiger partial charge in [-0.05, 0) is 42.9 Å². The number of thioether (sulfide) groups is 1. The number of carbonyl (C=O) groups excluding carboxylic acids is 1. The molecule has 0 aliphatic carbocycles. The first-order valence-electron chi connectivity index (χ1n) is 9.75. The van der Waals surface area contributed by atoms with Gasteiger partial charge in [0.15, 0.2) is 0 Å². The summed E-state index contributed by atoms with van der Waals surface area (Å²) in [5, 5.41) is 2.94. The number of benzene rings is 1. The van der Waals surface area contributed by atoms with E-state index in [9.17, 15) is 4.79 Å². The summed E-state index contributed by atoms with van der Waals surface area (Å²) in [4.78, 5) is 11.8. The fourth-order valence-corrected chi connectivity index (χ4v) is 3.75. The van der Waals surface area contributed by atoms with E-state index in [2.05, 4.69) is 24.0 Å². The average molecular weight is 350 g/mol. The number of carbonyl (C=O) groups is 1. The van der Waals surface area contributed by atoms with E-state index in [1.165, 1.54) is 69.3 Å². The first-order valence-corrected chi connectivity index (χ1v) is 10.9. The molecule has 3 heteroatoms. The van der Waals surface area contributed by atoms with E-state index in [1.807, 2.05) is 30.3 Å². The number of nitrogens with one attached hydrogen (secondary N) is 1. The third kappa shape index (κ3) is 12.5. The minimum absolute atomic E-state index is 0.141. The number of hydrogen-bond acceptors (Lipinski definition) is 2. The van der Waals surface area contributed by atoms with Crippen LogP contribution in [-0.2, 0) is 4.79 Å². The van der Waals surface area contributed by atoms with Crippen molar-refractivity contribution in [2.75, 3.05) is 16.8 Å². The zero-order valence-corrected chi connectivity index (χ0v) is 16.2. The average Bonchev–Trinajstić information content (AvgIpc) is 2.60. The summed E-state index contributed by atoms with van der Waals surface area (Å²) in [5.74, 6) is 2.83. The zero-order chi connectivity index (χ0) is 17.3. The molecular weight excluding hydrogens is 314 g/mol. The van der Waals surface area contributed by atoms with E-state index in [-0.39, 0.29) is 5.91 Å². The lowest BCUT2D eigenvalue weighted by atomic mass is 10.1. The fraction of sp³-hybridized carbons (Fsp3) is 0.667. The lowest BCUT2D eigenvalue weighted by Crippen LogP contribution is -2.10. The van der Waals surface area contributed by atoms with Crippen LogP contribution in [0.3, 0.4) is 0 Å². The molecule has 0 aliphatic rings. The van der Waals surface area contributed by atoms with E-state index in [0.717, 1.165) is 12.1 Å². The van der Waals surface area contributed by atoms with Crippen LogP contribution in [0, 0.1) is 0 Å². The van der Waals surface area contributed by atoms with Gasteiger partial charge in [-0.15, -0.1) is 0 Å². The maximum absolute atomic E-state index is 11.8. The van der Waals surface area contributed by atoms with Crippen LogP contribution in [0.25, 0.3) is 0 Å². The molecule has 1 aromatic rings. The molecule has 0 bridgehead atoms. The maximum atomic E-state index is 11.8. The van der Waals surface area contributed by atoms with Gasteiger partial charge in [0.25, 0.3) is 0 Å². The minimum atomic E-state index is 0.141. The Bertz CT molecular complexity index is 408. The number of amides is 1. The summed E-state index contributed by atoms with van der Waals surface area (Å²) in [6, 6.07) is 9.71. The van der Waals surface area contributed by atoms with Gasteiger partial charge in [0.2, 0.25) is 5.91 Å². The second-order valence-electron chi connectivity index (χ2n) is 6.46. The van der Waals surface area contributed by atoms with E-state index in [1.54, 1.807) is 0 Å². The highest BCUT2D eigenvalue weighted by atomic mass is 32.2. The molecule has 0 aromatic heterocycles. The van der Waals surface area contributed by atoms with Crippen molar-refractivity contribution in [2.45, 2.75) is 77.6 Å². The van der Waals surface area contributed by atoms with Crippen LogP contribution >= 0.6 is 11.8 Å². The molecule has 24 heavy (non-hydrogen) atoms. The summed E-state index contributed by atoms with van der Waals surface area (Å²) in [6.07, 6.45) is 13.6. The molecule has 2 nitrogen and oxygen atoms in total. The van der Waals surface area contributed by atoms with Crippen molar-refractivity contribution in [3.8, 4) is 0 Å². The molecule has 1 rings (SSSR count). The number of hydrogen-bond donors (Lipinski definition) is 1. The van der Waals surface area contributed by atoms with Crippen molar-refractivity contribution in [3.63, 3.8) is 0 Å². The van der Waals surface area contributed by atoms with E-state index >= 15 is 0 Å². The highest BCUT2D eigenvalue weighted by Crippen LogP contribution is 2.13. The molecule has 0 fully saturated rings.